The summed E-state index contributed by atoms with van der Waals surface area (Å²) < 4.78 is 16.9. The smallest absolute Gasteiger partial charge is 0.254 e. The molecule has 0 spiro atoms. The lowest BCUT2D eigenvalue weighted by Crippen LogP contribution is -2.26. The number of benzene rings is 2. The van der Waals surface area contributed by atoms with Crippen LogP contribution in [0, 0.1) is 11.7 Å². The van der Waals surface area contributed by atoms with Gasteiger partial charge in [0.05, 0.1) is 12.1 Å². The van der Waals surface area contributed by atoms with Crippen LogP contribution in [0.25, 0.3) is 0 Å². The lowest BCUT2D eigenvalue weighted by Gasteiger charge is -2.13. The first-order valence-corrected chi connectivity index (χ1v) is 11.0. The van der Waals surface area contributed by atoms with Crippen molar-refractivity contribution in [2.24, 2.45) is 5.92 Å². The van der Waals surface area contributed by atoms with E-state index in [4.69, 9.17) is 0 Å². The van der Waals surface area contributed by atoms with Gasteiger partial charge >= 0.3 is 0 Å². The van der Waals surface area contributed by atoms with Crippen LogP contribution in [0.4, 0.5) is 4.39 Å². The Kier molecular flexibility index (Phi) is 7.44. The predicted molar refractivity (Wildman–Crippen MR) is 116 cm³/mol. The Morgan fingerprint density at radius 1 is 1.17 bits per heavy atom. The minimum atomic E-state index is -0.542. The molecule has 1 N–H and O–H groups in total. The SMILES string of the molecule is CC(C)Cn1c(CNC(=O)c2ccccc2F)nnc1SCc1ccc(Br)cc1. The van der Waals surface area contributed by atoms with Crippen LogP contribution in [-0.2, 0) is 18.8 Å². The van der Waals surface area contributed by atoms with Gasteiger partial charge in [0.15, 0.2) is 11.0 Å². The Hall–Kier alpha value is -2.19. The maximum Gasteiger partial charge on any atom is 0.254 e. The Balaban J connectivity index is 1.70. The Labute approximate surface area is 182 Å². The molecule has 29 heavy (non-hydrogen) atoms. The molecule has 0 fully saturated rings. The number of nitrogens with one attached hydrogen (secondary N) is 1. The van der Waals surface area contributed by atoms with E-state index in [1.807, 2.05) is 16.7 Å². The fraction of sp³-hybridized carbons (Fsp3) is 0.286. The molecule has 8 heteroatoms. The van der Waals surface area contributed by atoms with Crippen molar-refractivity contribution in [3.05, 3.63) is 75.8 Å². The number of thioether (sulfide) groups is 1. The molecule has 3 aromatic rings. The second-order valence-corrected chi connectivity index (χ2v) is 8.84. The van der Waals surface area contributed by atoms with E-state index in [1.165, 1.54) is 17.7 Å². The number of halogens is 2. The minimum Gasteiger partial charge on any atom is -0.345 e. The molecule has 152 valence electrons. The number of aromatic nitrogens is 3. The zero-order valence-electron chi connectivity index (χ0n) is 16.2. The van der Waals surface area contributed by atoms with Crippen LogP contribution in [0.3, 0.4) is 0 Å². The van der Waals surface area contributed by atoms with Gasteiger partial charge in [-0.1, -0.05) is 65.8 Å². The molecule has 1 heterocycles. The molecule has 0 aliphatic carbocycles. The van der Waals surface area contributed by atoms with Gasteiger partial charge in [0, 0.05) is 16.8 Å². The molecule has 0 bridgehead atoms. The third kappa shape index (κ3) is 5.90. The summed E-state index contributed by atoms with van der Waals surface area (Å²) in [6, 6.07) is 14.1. The van der Waals surface area contributed by atoms with E-state index in [0.717, 1.165) is 21.9 Å². The third-order valence-corrected chi connectivity index (χ3v) is 5.71. The molecule has 0 unspecified atom stereocenters. The largest absolute Gasteiger partial charge is 0.345 e. The maximum absolute atomic E-state index is 13.8. The normalized spacial score (nSPS) is 11.1. The summed E-state index contributed by atoms with van der Waals surface area (Å²) in [5, 5.41) is 12.1. The zero-order chi connectivity index (χ0) is 20.8. The summed E-state index contributed by atoms with van der Waals surface area (Å²) in [7, 11) is 0. The van der Waals surface area contributed by atoms with Crippen LogP contribution < -0.4 is 5.32 Å². The fourth-order valence-corrected chi connectivity index (χ4v) is 3.92. The second-order valence-electron chi connectivity index (χ2n) is 6.98. The number of hydrogen-bond acceptors (Lipinski definition) is 4. The molecular weight excluding hydrogens is 455 g/mol. The molecule has 1 aromatic heterocycles. The van der Waals surface area contributed by atoms with Gasteiger partial charge < -0.3 is 9.88 Å². The summed E-state index contributed by atoms with van der Waals surface area (Å²) in [5.41, 5.74) is 1.21. The first kappa shape index (κ1) is 21.5. The number of carbonyl (C=O) groups excluding carboxylic acids is 1. The van der Waals surface area contributed by atoms with Gasteiger partial charge in [0.1, 0.15) is 5.82 Å². The van der Waals surface area contributed by atoms with Crippen LogP contribution in [0.15, 0.2) is 58.2 Å². The lowest BCUT2D eigenvalue weighted by atomic mass is 10.2. The molecule has 0 aliphatic rings. The van der Waals surface area contributed by atoms with Gasteiger partial charge in [-0.3, -0.25) is 4.79 Å². The summed E-state index contributed by atoms with van der Waals surface area (Å²) in [6.45, 7) is 5.15. The fourth-order valence-electron chi connectivity index (χ4n) is 2.73. The molecule has 1 amide bonds. The monoisotopic (exact) mass is 476 g/mol. The van der Waals surface area contributed by atoms with Crippen LogP contribution in [0.2, 0.25) is 0 Å². The standard InChI is InChI=1S/C21H22BrFN4OS/c1-14(2)12-27-19(11-24-20(28)17-5-3-4-6-18(17)23)25-26-21(27)29-13-15-7-9-16(22)10-8-15/h3-10,14H,11-13H2,1-2H3,(H,24,28). The van der Waals surface area contributed by atoms with Crippen molar-refractivity contribution in [1.29, 1.82) is 0 Å². The summed E-state index contributed by atoms with van der Waals surface area (Å²) in [6.07, 6.45) is 0. The number of carbonyl (C=O) groups is 1. The Morgan fingerprint density at radius 2 is 1.90 bits per heavy atom. The van der Waals surface area contributed by atoms with Crippen LogP contribution >= 0.6 is 27.7 Å². The first-order valence-electron chi connectivity index (χ1n) is 9.26. The molecule has 3 rings (SSSR count). The van der Waals surface area contributed by atoms with Crippen molar-refractivity contribution in [2.45, 2.75) is 37.8 Å². The number of amides is 1. The van der Waals surface area contributed by atoms with Crippen molar-refractivity contribution >= 4 is 33.6 Å². The molecule has 0 saturated carbocycles. The topological polar surface area (TPSA) is 59.8 Å². The average Bonchev–Trinajstić information content (AvgIpc) is 3.07. The minimum absolute atomic E-state index is 0.0206. The van der Waals surface area contributed by atoms with Crippen molar-refractivity contribution in [3.63, 3.8) is 0 Å². The van der Waals surface area contributed by atoms with Crippen LogP contribution in [0.1, 0.15) is 35.6 Å². The van der Waals surface area contributed by atoms with Crippen LogP contribution in [-0.4, -0.2) is 20.7 Å². The number of nitrogens with zero attached hydrogens (tertiary/aromatic N) is 3. The summed E-state index contributed by atoms with van der Waals surface area (Å²) in [5.74, 6) is 0.803. The van der Waals surface area contributed by atoms with E-state index in [-0.39, 0.29) is 12.1 Å². The molecule has 0 radical (unpaired) electrons. The van der Waals surface area contributed by atoms with Crippen molar-refractivity contribution in [3.8, 4) is 0 Å². The Morgan fingerprint density at radius 3 is 2.59 bits per heavy atom. The van der Waals surface area contributed by atoms with Crippen molar-refractivity contribution in [2.75, 3.05) is 0 Å². The second kappa shape index (κ2) is 10.0. The molecule has 0 atom stereocenters. The molecule has 0 saturated heterocycles. The summed E-state index contributed by atoms with van der Waals surface area (Å²) in [4.78, 5) is 12.3. The van der Waals surface area contributed by atoms with Gasteiger partial charge in [0.2, 0.25) is 0 Å². The zero-order valence-corrected chi connectivity index (χ0v) is 18.6. The highest BCUT2D eigenvalue weighted by atomic mass is 79.9. The maximum atomic E-state index is 13.8. The highest BCUT2D eigenvalue weighted by Crippen LogP contribution is 2.24. The van der Waals surface area contributed by atoms with Crippen molar-refractivity contribution in [1.82, 2.24) is 20.1 Å². The number of hydrogen-bond donors (Lipinski definition) is 1. The number of rotatable bonds is 8. The van der Waals surface area contributed by atoms with Gasteiger partial charge in [-0.05, 0) is 35.7 Å². The quantitative estimate of drug-likeness (QED) is 0.461. The molecule has 0 aliphatic heterocycles. The van der Waals surface area contributed by atoms with E-state index in [0.29, 0.717) is 11.7 Å². The molecule has 5 nitrogen and oxygen atoms in total. The molecular formula is C21H22BrFN4OS. The van der Waals surface area contributed by atoms with Gasteiger partial charge in [-0.25, -0.2) is 4.39 Å². The van der Waals surface area contributed by atoms with E-state index < -0.39 is 11.7 Å². The first-order chi connectivity index (χ1) is 13.9. The molecule has 2 aromatic carbocycles. The van der Waals surface area contributed by atoms with Crippen LogP contribution in [0.5, 0.6) is 0 Å². The third-order valence-electron chi connectivity index (χ3n) is 4.15. The van der Waals surface area contributed by atoms with E-state index in [9.17, 15) is 9.18 Å². The van der Waals surface area contributed by atoms with E-state index in [1.54, 1.807) is 23.9 Å². The highest BCUT2D eigenvalue weighted by Gasteiger charge is 2.16. The van der Waals surface area contributed by atoms with E-state index in [2.05, 4.69) is 57.4 Å². The van der Waals surface area contributed by atoms with E-state index >= 15 is 0 Å². The van der Waals surface area contributed by atoms with Gasteiger partial charge in [0.25, 0.3) is 5.91 Å². The lowest BCUT2D eigenvalue weighted by molar-refractivity contribution is 0.0945. The van der Waals surface area contributed by atoms with Gasteiger partial charge in [-0.2, -0.15) is 0 Å². The predicted octanol–water partition coefficient (Wildman–Crippen LogP) is 5.06. The Bertz CT molecular complexity index is 975. The average molecular weight is 477 g/mol. The van der Waals surface area contributed by atoms with Crippen molar-refractivity contribution < 1.29 is 9.18 Å². The van der Waals surface area contributed by atoms with Gasteiger partial charge in [-0.15, -0.1) is 10.2 Å². The summed E-state index contributed by atoms with van der Waals surface area (Å²) >= 11 is 5.05. The highest BCUT2D eigenvalue weighted by molar-refractivity contribution is 9.10.